The van der Waals surface area contributed by atoms with E-state index in [9.17, 15) is 14.7 Å². The summed E-state index contributed by atoms with van der Waals surface area (Å²) in [6.07, 6.45) is 3.08. The smallest absolute Gasteiger partial charge is 0.327 e. The fourth-order valence-electron chi connectivity index (χ4n) is 3.45. The molecule has 19 heavy (non-hydrogen) atoms. The Hall–Kier alpha value is -0.750. The Labute approximate surface area is 117 Å². The second-order valence-electron chi connectivity index (χ2n) is 5.83. The first kappa shape index (κ1) is 13.2. The van der Waals surface area contributed by atoms with E-state index in [0.29, 0.717) is 12.3 Å². The van der Waals surface area contributed by atoms with E-state index in [1.807, 2.05) is 0 Å². The molecule has 1 amide bonds. The van der Waals surface area contributed by atoms with E-state index in [4.69, 9.17) is 0 Å². The van der Waals surface area contributed by atoms with Crippen LogP contribution in [0.4, 0.5) is 0 Å². The zero-order valence-electron chi connectivity index (χ0n) is 10.9. The first-order valence-corrected chi connectivity index (χ1v) is 8.11. The number of nitrogens with zero attached hydrogens (tertiary/aromatic N) is 1. The largest absolute Gasteiger partial charge is 0.480 e. The summed E-state index contributed by atoms with van der Waals surface area (Å²) in [4.78, 5) is 25.5. The Morgan fingerprint density at radius 3 is 2.74 bits per heavy atom. The number of piperidine rings is 1. The molecule has 1 spiro atoms. The van der Waals surface area contributed by atoms with Crippen molar-refractivity contribution < 1.29 is 14.7 Å². The number of aliphatic carboxylic acids is 1. The van der Waals surface area contributed by atoms with Gasteiger partial charge in [-0.05, 0) is 37.8 Å². The van der Waals surface area contributed by atoms with Crippen molar-refractivity contribution in [1.82, 2.24) is 10.2 Å². The third kappa shape index (κ3) is 2.36. The lowest BCUT2D eigenvalue weighted by molar-refractivity contribution is -0.150. The summed E-state index contributed by atoms with van der Waals surface area (Å²) in [5, 5.41) is 12.6. The molecule has 3 rings (SSSR count). The van der Waals surface area contributed by atoms with Gasteiger partial charge in [0.15, 0.2) is 0 Å². The van der Waals surface area contributed by atoms with Crippen LogP contribution >= 0.6 is 11.8 Å². The summed E-state index contributed by atoms with van der Waals surface area (Å²) in [6, 6.07) is -0.620. The van der Waals surface area contributed by atoms with Crippen molar-refractivity contribution in [2.24, 2.45) is 11.3 Å². The van der Waals surface area contributed by atoms with Gasteiger partial charge in [-0.25, -0.2) is 4.79 Å². The van der Waals surface area contributed by atoms with Crippen molar-refractivity contribution in [3.05, 3.63) is 0 Å². The van der Waals surface area contributed by atoms with E-state index in [0.717, 1.165) is 38.1 Å². The fourth-order valence-corrected chi connectivity index (χ4v) is 4.48. The maximum atomic E-state index is 12.6. The molecule has 3 fully saturated rings. The van der Waals surface area contributed by atoms with Crippen LogP contribution in [0.3, 0.4) is 0 Å². The van der Waals surface area contributed by atoms with Crippen molar-refractivity contribution in [2.75, 3.05) is 31.1 Å². The van der Waals surface area contributed by atoms with Crippen molar-refractivity contribution >= 4 is 23.6 Å². The van der Waals surface area contributed by atoms with Crippen LogP contribution in [0.5, 0.6) is 0 Å². The SMILES string of the molecule is O=C(O)C1CSCCN1C(=O)C1CC12CCNCC2. The number of carbonyl (C=O) groups excluding carboxylic acids is 1. The number of carbonyl (C=O) groups is 2. The first-order chi connectivity index (χ1) is 9.14. The van der Waals surface area contributed by atoms with Crippen LogP contribution < -0.4 is 5.32 Å². The predicted octanol–water partition coefficient (Wildman–Crippen LogP) is 0.405. The van der Waals surface area contributed by atoms with E-state index in [2.05, 4.69) is 5.32 Å². The minimum absolute atomic E-state index is 0.0829. The van der Waals surface area contributed by atoms with Crippen LogP contribution in [0, 0.1) is 11.3 Å². The fraction of sp³-hybridized carbons (Fsp3) is 0.846. The zero-order valence-corrected chi connectivity index (χ0v) is 11.7. The van der Waals surface area contributed by atoms with Crippen LogP contribution in [-0.2, 0) is 9.59 Å². The molecule has 0 bridgehead atoms. The molecule has 2 heterocycles. The van der Waals surface area contributed by atoms with Crippen molar-refractivity contribution in [2.45, 2.75) is 25.3 Å². The highest BCUT2D eigenvalue weighted by atomic mass is 32.2. The molecule has 106 valence electrons. The Bertz CT molecular complexity index is 395. The topological polar surface area (TPSA) is 69.6 Å². The number of nitrogens with one attached hydrogen (secondary N) is 1. The van der Waals surface area contributed by atoms with Gasteiger partial charge in [0.1, 0.15) is 6.04 Å². The van der Waals surface area contributed by atoms with Gasteiger partial charge in [0.2, 0.25) is 5.91 Å². The summed E-state index contributed by atoms with van der Waals surface area (Å²) < 4.78 is 0. The van der Waals surface area contributed by atoms with E-state index >= 15 is 0 Å². The molecule has 2 atom stereocenters. The number of carboxylic acids is 1. The monoisotopic (exact) mass is 284 g/mol. The van der Waals surface area contributed by atoms with E-state index in [1.165, 1.54) is 0 Å². The highest BCUT2D eigenvalue weighted by Crippen LogP contribution is 2.59. The quantitative estimate of drug-likeness (QED) is 0.768. The van der Waals surface area contributed by atoms with Gasteiger partial charge in [0.25, 0.3) is 0 Å². The van der Waals surface area contributed by atoms with E-state index in [-0.39, 0.29) is 17.2 Å². The number of rotatable bonds is 2. The standard InChI is InChI=1S/C13H20N2O3S/c16-11(9-7-13(9)1-3-14-4-2-13)15-5-6-19-8-10(15)12(17)18/h9-10,14H,1-8H2,(H,17,18). The maximum Gasteiger partial charge on any atom is 0.327 e. The Morgan fingerprint density at radius 1 is 1.32 bits per heavy atom. The molecule has 2 saturated heterocycles. The highest BCUT2D eigenvalue weighted by molar-refractivity contribution is 7.99. The molecular weight excluding hydrogens is 264 g/mol. The zero-order chi connectivity index (χ0) is 13.5. The van der Waals surface area contributed by atoms with Crippen LogP contribution in [0.2, 0.25) is 0 Å². The van der Waals surface area contributed by atoms with Crippen molar-refractivity contribution in [3.63, 3.8) is 0 Å². The van der Waals surface area contributed by atoms with Crippen molar-refractivity contribution in [3.8, 4) is 0 Å². The number of hydrogen-bond acceptors (Lipinski definition) is 4. The summed E-state index contributed by atoms with van der Waals surface area (Å²) in [5.74, 6) is 0.703. The number of hydrogen-bond donors (Lipinski definition) is 2. The number of carboxylic acid groups (broad SMARTS) is 1. The van der Waals surface area contributed by atoms with Gasteiger partial charge in [0.05, 0.1) is 0 Å². The minimum Gasteiger partial charge on any atom is -0.480 e. The van der Waals surface area contributed by atoms with Gasteiger partial charge >= 0.3 is 5.97 Å². The van der Waals surface area contributed by atoms with E-state index in [1.54, 1.807) is 16.7 Å². The molecule has 3 aliphatic rings. The van der Waals surface area contributed by atoms with Crippen LogP contribution in [0.15, 0.2) is 0 Å². The van der Waals surface area contributed by atoms with Crippen molar-refractivity contribution in [1.29, 1.82) is 0 Å². The van der Waals surface area contributed by atoms with Gasteiger partial charge in [-0.1, -0.05) is 0 Å². The van der Waals surface area contributed by atoms with Gasteiger partial charge in [-0.3, -0.25) is 4.79 Å². The molecule has 0 aromatic rings. The summed E-state index contributed by atoms with van der Waals surface area (Å²) >= 11 is 1.63. The molecule has 2 unspecified atom stereocenters. The summed E-state index contributed by atoms with van der Waals surface area (Å²) in [6.45, 7) is 2.56. The van der Waals surface area contributed by atoms with Crippen LogP contribution in [0.25, 0.3) is 0 Å². The van der Waals surface area contributed by atoms with Gasteiger partial charge < -0.3 is 15.3 Å². The number of amides is 1. The molecule has 1 aliphatic carbocycles. The molecular formula is C13H20N2O3S. The van der Waals surface area contributed by atoms with E-state index < -0.39 is 12.0 Å². The lowest BCUT2D eigenvalue weighted by Crippen LogP contribution is -2.51. The highest BCUT2D eigenvalue weighted by Gasteiger charge is 2.59. The number of thioether (sulfide) groups is 1. The Kier molecular flexibility index (Phi) is 3.47. The molecule has 5 nitrogen and oxygen atoms in total. The van der Waals surface area contributed by atoms with Crippen LogP contribution in [-0.4, -0.2) is 59.1 Å². The molecule has 2 N–H and O–H groups in total. The lowest BCUT2D eigenvalue weighted by Gasteiger charge is -2.34. The molecule has 0 aromatic heterocycles. The lowest BCUT2D eigenvalue weighted by atomic mass is 9.91. The molecule has 2 aliphatic heterocycles. The first-order valence-electron chi connectivity index (χ1n) is 6.96. The molecule has 6 heteroatoms. The second-order valence-corrected chi connectivity index (χ2v) is 6.98. The van der Waals surface area contributed by atoms with Crippen LogP contribution in [0.1, 0.15) is 19.3 Å². The third-order valence-corrected chi connectivity index (χ3v) is 5.81. The van der Waals surface area contributed by atoms with Gasteiger partial charge in [-0.2, -0.15) is 11.8 Å². The average Bonchev–Trinajstić information content (AvgIpc) is 3.12. The third-order valence-electron chi connectivity index (χ3n) is 4.78. The van der Waals surface area contributed by atoms with Gasteiger partial charge in [-0.15, -0.1) is 0 Å². The maximum absolute atomic E-state index is 12.6. The summed E-state index contributed by atoms with van der Waals surface area (Å²) in [5.41, 5.74) is 0.190. The Morgan fingerprint density at radius 2 is 2.05 bits per heavy atom. The predicted molar refractivity (Wildman–Crippen MR) is 73.1 cm³/mol. The minimum atomic E-state index is -0.861. The normalized spacial score (nSPS) is 33.2. The molecule has 0 aromatic carbocycles. The molecule has 0 radical (unpaired) electrons. The average molecular weight is 284 g/mol. The molecule has 1 saturated carbocycles. The Balaban J connectivity index is 1.68. The summed E-state index contributed by atoms with van der Waals surface area (Å²) in [7, 11) is 0. The second kappa shape index (κ2) is 4.98. The van der Waals surface area contributed by atoms with Gasteiger partial charge in [0, 0.05) is 24.0 Å².